The Labute approximate surface area is 142 Å². The van der Waals surface area contributed by atoms with Crippen molar-refractivity contribution >= 4 is 23.3 Å². The summed E-state index contributed by atoms with van der Waals surface area (Å²) in [6.07, 6.45) is 3.44. The van der Waals surface area contributed by atoms with Crippen molar-refractivity contribution in [2.75, 3.05) is 0 Å². The standard InChI is InChI=1S/C15H17N5OS2/c1-10(2)14-12(23-20-19-14)9-16-8-11-4-5-13(21-11)22-15-17-6-3-7-18-15/h3-7,10,16H,8-9H2,1-2H3. The molecule has 0 saturated carbocycles. The van der Waals surface area contributed by atoms with Crippen LogP contribution in [0.1, 0.15) is 36.1 Å². The minimum atomic E-state index is 0.392. The average molecular weight is 347 g/mol. The number of furan rings is 1. The molecule has 3 aromatic heterocycles. The van der Waals surface area contributed by atoms with Crippen LogP contribution < -0.4 is 5.32 Å². The van der Waals surface area contributed by atoms with Gasteiger partial charge in [0.1, 0.15) is 5.76 Å². The van der Waals surface area contributed by atoms with Gasteiger partial charge in [0.25, 0.3) is 0 Å². The largest absolute Gasteiger partial charge is 0.453 e. The number of hydrogen-bond donors (Lipinski definition) is 1. The lowest BCUT2D eigenvalue weighted by atomic mass is 10.1. The highest BCUT2D eigenvalue weighted by Gasteiger charge is 2.11. The smallest absolute Gasteiger partial charge is 0.195 e. The lowest BCUT2D eigenvalue weighted by molar-refractivity contribution is 0.416. The lowest BCUT2D eigenvalue weighted by Crippen LogP contribution is -2.12. The highest BCUT2D eigenvalue weighted by atomic mass is 32.2. The molecule has 1 N–H and O–H groups in total. The Balaban J connectivity index is 1.52. The normalized spacial score (nSPS) is 11.3. The van der Waals surface area contributed by atoms with Crippen LogP contribution in [0.3, 0.4) is 0 Å². The summed E-state index contributed by atoms with van der Waals surface area (Å²) in [5.41, 5.74) is 1.07. The zero-order valence-corrected chi connectivity index (χ0v) is 14.5. The Hall–Kier alpha value is -1.77. The molecular weight excluding hydrogens is 330 g/mol. The van der Waals surface area contributed by atoms with Crippen molar-refractivity contribution in [2.45, 2.75) is 43.1 Å². The Morgan fingerprint density at radius 2 is 2.04 bits per heavy atom. The van der Waals surface area contributed by atoms with Gasteiger partial charge in [-0.3, -0.25) is 0 Å². The molecule has 0 unspecified atom stereocenters. The molecule has 0 bridgehead atoms. The Kier molecular flexibility index (Phi) is 5.37. The van der Waals surface area contributed by atoms with E-state index in [9.17, 15) is 0 Å². The predicted molar refractivity (Wildman–Crippen MR) is 89.4 cm³/mol. The van der Waals surface area contributed by atoms with Crippen LogP contribution in [0.15, 0.2) is 45.3 Å². The second-order valence-corrected chi connectivity index (χ2v) is 7.00. The van der Waals surface area contributed by atoms with E-state index in [1.54, 1.807) is 18.5 Å². The maximum Gasteiger partial charge on any atom is 0.195 e. The van der Waals surface area contributed by atoms with Crippen LogP contribution in [-0.2, 0) is 13.1 Å². The van der Waals surface area contributed by atoms with Gasteiger partial charge in [-0.1, -0.05) is 18.3 Å². The molecule has 0 atom stereocenters. The summed E-state index contributed by atoms with van der Waals surface area (Å²) in [7, 11) is 0. The van der Waals surface area contributed by atoms with Gasteiger partial charge in [-0.15, -0.1) is 5.10 Å². The fourth-order valence-electron chi connectivity index (χ4n) is 2.01. The van der Waals surface area contributed by atoms with E-state index in [2.05, 4.69) is 38.7 Å². The van der Waals surface area contributed by atoms with Crippen LogP contribution in [-0.4, -0.2) is 19.6 Å². The number of nitrogens with one attached hydrogen (secondary N) is 1. The van der Waals surface area contributed by atoms with E-state index in [0.717, 1.165) is 23.1 Å². The minimum Gasteiger partial charge on any atom is -0.453 e. The van der Waals surface area contributed by atoms with Gasteiger partial charge in [-0.05, 0) is 47.4 Å². The zero-order chi connectivity index (χ0) is 16.1. The third kappa shape index (κ3) is 4.37. The molecule has 0 aliphatic carbocycles. The molecule has 0 amide bonds. The summed E-state index contributed by atoms with van der Waals surface area (Å²) in [4.78, 5) is 9.52. The number of aromatic nitrogens is 4. The second-order valence-electron chi connectivity index (χ2n) is 5.19. The van der Waals surface area contributed by atoms with Crippen LogP contribution in [0, 0.1) is 0 Å². The highest BCUT2D eigenvalue weighted by Crippen LogP contribution is 2.26. The number of hydrogen-bond acceptors (Lipinski definition) is 8. The monoisotopic (exact) mass is 347 g/mol. The molecule has 23 heavy (non-hydrogen) atoms. The number of rotatable bonds is 7. The maximum absolute atomic E-state index is 5.78. The minimum absolute atomic E-state index is 0.392. The third-order valence-corrected chi connectivity index (χ3v) is 4.64. The first-order chi connectivity index (χ1) is 11.2. The van der Waals surface area contributed by atoms with Crippen molar-refractivity contribution in [3.63, 3.8) is 0 Å². The van der Waals surface area contributed by atoms with Gasteiger partial charge in [0.15, 0.2) is 10.2 Å². The second kappa shape index (κ2) is 7.67. The van der Waals surface area contributed by atoms with E-state index in [4.69, 9.17) is 4.42 Å². The fraction of sp³-hybridized carbons (Fsp3) is 0.333. The highest BCUT2D eigenvalue weighted by molar-refractivity contribution is 7.99. The maximum atomic E-state index is 5.78. The Morgan fingerprint density at radius 1 is 1.22 bits per heavy atom. The molecule has 0 aliphatic heterocycles. The average Bonchev–Trinajstić information content (AvgIpc) is 3.18. The first kappa shape index (κ1) is 16.1. The molecule has 3 rings (SSSR count). The van der Waals surface area contributed by atoms with Crippen LogP contribution in [0.5, 0.6) is 0 Å². The van der Waals surface area contributed by atoms with E-state index < -0.39 is 0 Å². The fourth-order valence-corrected chi connectivity index (χ4v) is 3.47. The summed E-state index contributed by atoms with van der Waals surface area (Å²) in [5.74, 6) is 1.27. The summed E-state index contributed by atoms with van der Waals surface area (Å²) >= 11 is 2.86. The van der Waals surface area contributed by atoms with Crippen molar-refractivity contribution in [2.24, 2.45) is 0 Å². The zero-order valence-electron chi connectivity index (χ0n) is 12.9. The van der Waals surface area contributed by atoms with Gasteiger partial charge < -0.3 is 9.73 Å². The van der Waals surface area contributed by atoms with E-state index in [0.29, 0.717) is 17.6 Å². The van der Waals surface area contributed by atoms with Gasteiger partial charge in [0, 0.05) is 18.9 Å². The third-order valence-electron chi connectivity index (χ3n) is 3.09. The molecule has 0 radical (unpaired) electrons. The van der Waals surface area contributed by atoms with Crippen LogP contribution in [0.2, 0.25) is 0 Å². The van der Waals surface area contributed by atoms with E-state index >= 15 is 0 Å². The van der Waals surface area contributed by atoms with Crippen molar-refractivity contribution < 1.29 is 4.42 Å². The molecule has 0 spiro atoms. The molecule has 0 saturated heterocycles. The first-order valence-electron chi connectivity index (χ1n) is 7.28. The van der Waals surface area contributed by atoms with Crippen LogP contribution >= 0.6 is 23.3 Å². The summed E-state index contributed by atoms with van der Waals surface area (Å²) in [6, 6.07) is 5.69. The van der Waals surface area contributed by atoms with Gasteiger partial charge in [0.2, 0.25) is 0 Å². The van der Waals surface area contributed by atoms with Crippen molar-refractivity contribution in [1.82, 2.24) is 24.9 Å². The van der Waals surface area contributed by atoms with Gasteiger partial charge in [-0.25, -0.2) is 9.97 Å². The van der Waals surface area contributed by atoms with Crippen molar-refractivity contribution in [3.8, 4) is 0 Å². The SMILES string of the molecule is CC(C)c1nnsc1CNCc1ccc(Sc2ncccn2)o1. The summed E-state index contributed by atoms with van der Waals surface area (Å²) < 4.78 is 9.81. The molecular formula is C15H17N5OS2. The molecule has 3 heterocycles. The van der Waals surface area contributed by atoms with Gasteiger partial charge in [-0.2, -0.15) is 0 Å². The molecule has 0 aromatic carbocycles. The summed E-state index contributed by atoms with van der Waals surface area (Å²) in [6.45, 7) is 5.66. The topological polar surface area (TPSA) is 76.7 Å². The first-order valence-corrected chi connectivity index (χ1v) is 8.87. The van der Waals surface area contributed by atoms with E-state index in [1.165, 1.54) is 28.2 Å². The molecule has 3 aromatic rings. The quantitative estimate of drug-likeness (QED) is 0.656. The molecule has 0 fully saturated rings. The van der Waals surface area contributed by atoms with Crippen LogP contribution in [0.4, 0.5) is 0 Å². The van der Waals surface area contributed by atoms with Crippen molar-refractivity contribution in [3.05, 3.63) is 46.9 Å². The van der Waals surface area contributed by atoms with E-state index in [-0.39, 0.29) is 0 Å². The molecule has 6 nitrogen and oxygen atoms in total. The Bertz CT molecular complexity index is 741. The summed E-state index contributed by atoms with van der Waals surface area (Å²) in [5, 5.41) is 9.02. The van der Waals surface area contributed by atoms with Gasteiger partial charge in [0.05, 0.1) is 17.1 Å². The lowest BCUT2D eigenvalue weighted by Gasteiger charge is -2.04. The predicted octanol–water partition coefficient (Wildman–Crippen LogP) is 3.49. The van der Waals surface area contributed by atoms with Gasteiger partial charge >= 0.3 is 0 Å². The van der Waals surface area contributed by atoms with Crippen LogP contribution in [0.25, 0.3) is 0 Å². The number of nitrogens with zero attached hydrogens (tertiary/aromatic N) is 4. The van der Waals surface area contributed by atoms with E-state index in [1.807, 2.05) is 12.1 Å². The van der Waals surface area contributed by atoms with Crippen molar-refractivity contribution in [1.29, 1.82) is 0 Å². The molecule has 120 valence electrons. The Morgan fingerprint density at radius 3 is 2.83 bits per heavy atom. The molecule has 0 aliphatic rings. The molecule has 8 heteroatoms.